The molecule has 0 radical (unpaired) electrons. The summed E-state index contributed by atoms with van der Waals surface area (Å²) in [5, 5.41) is 12.2. The highest BCUT2D eigenvalue weighted by Gasteiger charge is 2.19. The van der Waals surface area contributed by atoms with Crippen molar-refractivity contribution in [2.45, 2.75) is 6.42 Å². The minimum Gasteiger partial charge on any atom is -0.477 e. The number of halogens is 1. The van der Waals surface area contributed by atoms with E-state index in [4.69, 9.17) is 9.94 Å². The molecular formula is C9H6BrNO3. The Labute approximate surface area is 88.3 Å². The highest BCUT2D eigenvalue weighted by atomic mass is 79.9. The molecule has 1 aromatic carbocycles. The van der Waals surface area contributed by atoms with Crippen LogP contribution in [0.4, 0.5) is 0 Å². The summed E-state index contributed by atoms with van der Waals surface area (Å²) >= 11 is 3.29. The Hall–Kier alpha value is -1.36. The SMILES string of the molecule is O=C(O)C1=NOc2cc(Br)ccc2C1. The number of oxime groups is 1. The molecule has 0 aromatic heterocycles. The lowest BCUT2D eigenvalue weighted by atomic mass is 10.1. The summed E-state index contributed by atoms with van der Waals surface area (Å²) in [7, 11) is 0. The third kappa shape index (κ3) is 1.63. The zero-order valence-corrected chi connectivity index (χ0v) is 8.61. The summed E-state index contributed by atoms with van der Waals surface area (Å²) in [6, 6.07) is 5.42. The molecule has 1 aromatic rings. The number of fused-ring (bicyclic) bond motifs is 1. The molecule has 0 atom stereocenters. The smallest absolute Gasteiger partial charge is 0.354 e. The van der Waals surface area contributed by atoms with Crippen LogP contribution in [0.2, 0.25) is 0 Å². The standard InChI is InChI=1S/C9H6BrNO3/c10-6-2-1-5-3-7(9(12)13)11-14-8(5)4-6/h1-2,4H,3H2,(H,12,13). The third-order valence-electron chi connectivity index (χ3n) is 1.89. The van der Waals surface area contributed by atoms with E-state index in [1.165, 1.54) is 0 Å². The van der Waals surface area contributed by atoms with Gasteiger partial charge in [-0.25, -0.2) is 4.79 Å². The van der Waals surface area contributed by atoms with Crippen LogP contribution >= 0.6 is 15.9 Å². The maximum Gasteiger partial charge on any atom is 0.354 e. The van der Waals surface area contributed by atoms with Crippen LogP contribution in [0.25, 0.3) is 0 Å². The number of carboxylic acid groups (broad SMARTS) is 1. The van der Waals surface area contributed by atoms with Crippen LogP contribution in [-0.2, 0) is 11.2 Å². The molecule has 72 valence electrons. The lowest BCUT2D eigenvalue weighted by Crippen LogP contribution is -2.20. The summed E-state index contributed by atoms with van der Waals surface area (Å²) in [4.78, 5) is 15.6. The van der Waals surface area contributed by atoms with Gasteiger partial charge in [0.2, 0.25) is 0 Å². The lowest BCUT2D eigenvalue weighted by Gasteiger charge is -2.12. The van der Waals surface area contributed by atoms with Gasteiger partial charge in [-0.1, -0.05) is 27.2 Å². The van der Waals surface area contributed by atoms with Gasteiger partial charge in [0.15, 0.2) is 11.5 Å². The second-order valence-corrected chi connectivity index (χ2v) is 3.78. The second-order valence-electron chi connectivity index (χ2n) is 2.86. The summed E-state index contributed by atoms with van der Waals surface area (Å²) in [5.41, 5.74) is 0.862. The average Bonchev–Trinajstić information content (AvgIpc) is 2.16. The molecule has 0 saturated heterocycles. The van der Waals surface area contributed by atoms with Crippen LogP contribution in [0.1, 0.15) is 5.56 Å². The monoisotopic (exact) mass is 255 g/mol. The van der Waals surface area contributed by atoms with Gasteiger partial charge in [-0.05, 0) is 12.1 Å². The molecule has 1 N–H and O–H groups in total. The van der Waals surface area contributed by atoms with Crippen LogP contribution in [-0.4, -0.2) is 16.8 Å². The third-order valence-corrected chi connectivity index (χ3v) is 2.38. The highest BCUT2D eigenvalue weighted by molar-refractivity contribution is 9.10. The number of rotatable bonds is 1. The van der Waals surface area contributed by atoms with E-state index in [2.05, 4.69) is 21.1 Å². The molecule has 0 spiro atoms. The van der Waals surface area contributed by atoms with Crippen LogP contribution in [0.5, 0.6) is 5.75 Å². The predicted octanol–water partition coefficient (Wildman–Crippen LogP) is 1.82. The Bertz CT molecular complexity index is 428. The van der Waals surface area contributed by atoms with Crippen LogP contribution in [0, 0.1) is 0 Å². The largest absolute Gasteiger partial charge is 0.477 e. The molecule has 1 aliphatic heterocycles. The van der Waals surface area contributed by atoms with Crippen molar-refractivity contribution in [2.24, 2.45) is 5.16 Å². The molecule has 0 aliphatic carbocycles. The fourth-order valence-corrected chi connectivity index (χ4v) is 1.53. The van der Waals surface area contributed by atoms with Gasteiger partial charge in [-0.15, -0.1) is 0 Å². The minimum atomic E-state index is -1.04. The maximum atomic E-state index is 10.6. The lowest BCUT2D eigenvalue weighted by molar-refractivity contribution is -0.129. The molecule has 2 rings (SSSR count). The summed E-state index contributed by atoms with van der Waals surface area (Å²) in [6.45, 7) is 0. The molecular weight excluding hydrogens is 250 g/mol. The van der Waals surface area contributed by atoms with Gasteiger partial charge in [-0.2, -0.15) is 0 Å². The number of carbonyl (C=O) groups is 1. The molecule has 0 amide bonds. The average molecular weight is 256 g/mol. The van der Waals surface area contributed by atoms with Crippen molar-refractivity contribution in [1.29, 1.82) is 0 Å². The van der Waals surface area contributed by atoms with Gasteiger partial charge in [-0.3, -0.25) is 0 Å². The first-order valence-electron chi connectivity index (χ1n) is 3.92. The minimum absolute atomic E-state index is 0.0276. The molecule has 0 saturated carbocycles. The van der Waals surface area contributed by atoms with Gasteiger partial charge >= 0.3 is 5.97 Å². The Morgan fingerprint density at radius 3 is 3.07 bits per heavy atom. The number of hydrogen-bond donors (Lipinski definition) is 1. The molecule has 1 aliphatic rings. The van der Waals surface area contributed by atoms with Gasteiger partial charge in [0, 0.05) is 16.5 Å². The number of nitrogens with zero attached hydrogens (tertiary/aromatic N) is 1. The van der Waals surface area contributed by atoms with Crippen LogP contribution in [0.3, 0.4) is 0 Å². The Morgan fingerprint density at radius 1 is 1.57 bits per heavy atom. The first-order valence-corrected chi connectivity index (χ1v) is 4.72. The number of hydrogen-bond acceptors (Lipinski definition) is 3. The van der Waals surface area contributed by atoms with Gasteiger partial charge < -0.3 is 9.94 Å². The second kappa shape index (κ2) is 3.42. The maximum absolute atomic E-state index is 10.6. The first-order chi connectivity index (χ1) is 6.66. The summed E-state index contributed by atoms with van der Waals surface area (Å²) < 4.78 is 0.880. The van der Waals surface area contributed by atoms with E-state index in [0.717, 1.165) is 10.0 Å². The first kappa shape index (κ1) is 9.21. The van der Waals surface area contributed by atoms with Crippen molar-refractivity contribution in [3.05, 3.63) is 28.2 Å². The zero-order valence-electron chi connectivity index (χ0n) is 7.03. The highest BCUT2D eigenvalue weighted by Crippen LogP contribution is 2.27. The fourth-order valence-electron chi connectivity index (χ4n) is 1.19. The van der Waals surface area contributed by atoms with Crippen molar-refractivity contribution in [3.63, 3.8) is 0 Å². The molecule has 1 heterocycles. The molecule has 0 fully saturated rings. The number of benzene rings is 1. The Balaban J connectivity index is 2.34. The van der Waals surface area contributed by atoms with Crippen molar-refractivity contribution < 1.29 is 14.7 Å². The van der Waals surface area contributed by atoms with Crippen molar-refractivity contribution in [2.75, 3.05) is 0 Å². The van der Waals surface area contributed by atoms with E-state index < -0.39 is 5.97 Å². The predicted molar refractivity (Wildman–Crippen MR) is 53.5 cm³/mol. The van der Waals surface area contributed by atoms with E-state index >= 15 is 0 Å². The van der Waals surface area contributed by atoms with Crippen LogP contribution < -0.4 is 4.84 Å². The molecule has 0 bridgehead atoms. The molecule has 0 unspecified atom stereocenters. The molecule has 14 heavy (non-hydrogen) atoms. The molecule has 5 heteroatoms. The Kier molecular flexibility index (Phi) is 2.25. The van der Waals surface area contributed by atoms with Crippen molar-refractivity contribution in [1.82, 2.24) is 0 Å². The van der Waals surface area contributed by atoms with Gasteiger partial charge in [0.05, 0.1) is 0 Å². The summed E-state index contributed by atoms with van der Waals surface area (Å²) in [5.74, 6) is -0.442. The van der Waals surface area contributed by atoms with Crippen molar-refractivity contribution in [3.8, 4) is 5.75 Å². The van der Waals surface area contributed by atoms with E-state index in [1.54, 1.807) is 6.07 Å². The summed E-state index contributed by atoms with van der Waals surface area (Å²) in [6.07, 6.45) is 0.304. The quantitative estimate of drug-likeness (QED) is 0.833. The van der Waals surface area contributed by atoms with E-state index in [1.807, 2.05) is 12.1 Å². The number of aliphatic carboxylic acids is 1. The van der Waals surface area contributed by atoms with Crippen molar-refractivity contribution >= 4 is 27.6 Å². The van der Waals surface area contributed by atoms with Gasteiger partial charge in [0.25, 0.3) is 0 Å². The van der Waals surface area contributed by atoms with Gasteiger partial charge in [0.1, 0.15) is 0 Å². The fraction of sp³-hybridized carbons (Fsp3) is 0.111. The Morgan fingerprint density at radius 2 is 2.36 bits per heavy atom. The van der Waals surface area contributed by atoms with E-state index in [-0.39, 0.29) is 5.71 Å². The van der Waals surface area contributed by atoms with E-state index in [0.29, 0.717) is 12.2 Å². The number of carboxylic acids is 1. The van der Waals surface area contributed by atoms with Crippen LogP contribution in [0.15, 0.2) is 27.8 Å². The molecule has 4 nitrogen and oxygen atoms in total. The zero-order chi connectivity index (χ0) is 10.1. The topological polar surface area (TPSA) is 58.9 Å². The normalized spacial score (nSPS) is 13.9. The van der Waals surface area contributed by atoms with E-state index in [9.17, 15) is 4.79 Å².